The molecule has 0 radical (unpaired) electrons. The van der Waals surface area contributed by atoms with Gasteiger partial charge >= 0.3 is 0 Å². The molecular weight excluding hydrogens is 226 g/mol. The fourth-order valence-corrected chi connectivity index (χ4v) is 1.55. The van der Waals surface area contributed by atoms with Crippen LogP contribution in [0.5, 0.6) is 0 Å². The third-order valence-corrected chi connectivity index (χ3v) is 2.46. The molecule has 1 N–H and O–H groups in total. The normalized spacial score (nSPS) is 10.6. The van der Waals surface area contributed by atoms with Gasteiger partial charge in [-0.15, -0.1) is 5.10 Å². The highest BCUT2D eigenvalue weighted by Gasteiger charge is 2.00. The fraction of sp³-hybridized carbons (Fsp3) is 0.273. The highest BCUT2D eigenvalue weighted by atomic mass is 35.5. The largest absolute Gasteiger partial charge is 0.396 e. The predicted molar refractivity (Wildman–Crippen MR) is 61.4 cm³/mol. The van der Waals surface area contributed by atoms with Crippen molar-refractivity contribution in [1.82, 2.24) is 15.0 Å². The first-order chi connectivity index (χ1) is 7.78. The van der Waals surface area contributed by atoms with E-state index in [4.69, 9.17) is 16.7 Å². The SMILES string of the molecule is OCCc1cn(Cc2ccc(Cl)cc2)nn1. The van der Waals surface area contributed by atoms with E-state index in [1.807, 2.05) is 30.5 Å². The van der Waals surface area contributed by atoms with Crippen molar-refractivity contribution in [2.45, 2.75) is 13.0 Å². The molecule has 0 bridgehead atoms. The molecule has 0 saturated carbocycles. The van der Waals surface area contributed by atoms with Crippen molar-refractivity contribution in [3.05, 3.63) is 46.7 Å². The van der Waals surface area contributed by atoms with Crippen molar-refractivity contribution >= 4 is 11.6 Å². The monoisotopic (exact) mass is 237 g/mol. The zero-order valence-corrected chi connectivity index (χ0v) is 9.43. The number of benzene rings is 1. The highest BCUT2D eigenvalue weighted by Crippen LogP contribution is 2.10. The lowest BCUT2D eigenvalue weighted by atomic mass is 10.2. The minimum Gasteiger partial charge on any atom is -0.396 e. The molecule has 5 heteroatoms. The number of hydrogen-bond acceptors (Lipinski definition) is 3. The van der Waals surface area contributed by atoms with Gasteiger partial charge in [0.15, 0.2) is 0 Å². The minimum atomic E-state index is 0.0969. The Bertz CT molecular complexity index is 453. The van der Waals surface area contributed by atoms with Crippen molar-refractivity contribution in [2.24, 2.45) is 0 Å². The van der Waals surface area contributed by atoms with Crippen molar-refractivity contribution in [3.8, 4) is 0 Å². The summed E-state index contributed by atoms with van der Waals surface area (Å²) in [6.45, 7) is 0.759. The Hall–Kier alpha value is -1.39. The summed E-state index contributed by atoms with van der Waals surface area (Å²) < 4.78 is 1.74. The molecule has 2 aromatic rings. The van der Waals surface area contributed by atoms with Crippen LogP contribution in [0.4, 0.5) is 0 Å². The summed E-state index contributed by atoms with van der Waals surface area (Å²) in [5.41, 5.74) is 1.92. The van der Waals surface area contributed by atoms with E-state index in [1.165, 1.54) is 0 Å². The molecule has 1 aromatic carbocycles. The summed E-state index contributed by atoms with van der Waals surface area (Å²) in [7, 11) is 0. The highest BCUT2D eigenvalue weighted by molar-refractivity contribution is 6.30. The van der Waals surface area contributed by atoms with Gasteiger partial charge in [0.05, 0.1) is 12.2 Å². The van der Waals surface area contributed by atoms with Crippen LogP contribution in [0, 0.1) is 0 Å². The molecule has 0 amide bonds. The molecule has 0 saturated heterocycles. The Kier molecular flexibility index (Phi) is 3.54. The van der Waals surface area contributed by atoms with Crippen LogP contribution in [0.15, 0.2) is 30.5 Å². The van der Waals surface area contributed by atoms with Gasteiger partial charge in [0.2, 0.25) is 0 Å². The lowest BCUT2D eigenvalue weighted by molar-refractivity contribution is 0.298. The number of aliphatic hydroxyl groups excluding tert-OH is 1. The molecule has 0 spiro atoms. The number of rotatable bonds is 4. The zero-order chi connectivity index (χ0) is 11.4. The zero-order valence-electron chi connectivity index (χ0n) is 8.67. The van der Waals surface area contributed by atoms with Crippen LogP contribution < -0.4 is 0 Å². The summed E-state index contributed by atoms with van der Waals surface area (Å²) in [6.07, 6.45) is 2.38. The molecule has 1 aromatic heterocycles. The van der Waals surface area contributed by atoms with Crippen molar-refractivity contribution < 1.29 is 5.11 Å². The third-order valence-electron chi connectivity index (χ3n) is 2.21. The van der Waals surface area contributed by atoms with E-state index >= 15 is 0 Å². The van der Waals surface area contributed by atoms with Gasteiger partial charge in [0.1, 0.15) is 0 Å². The maximum atomic E-state index is 8.76. The van der Waals surface area contributed by atoms with Crippen molar-refractivity contribution in [3.63, 3.8) is 0 Å². The van der Waals surface area contributed by atoms with E-state index in [2.05, 4.69) is 10.3 Å². The number of aliphatic hydroxyl groups is 1. The Labute approximate surface area is 98.5 Å². The Balaban J connectivity index is 2.05. The molecule has 4 nitrogen and oxygen atoms in total. The summed E-state index contributed by atoms with van der Waals surface area (Å²) in [5.74, 6) is 0. The summed E-state index contributed by atoms with van der Waals surface area (Å²) in [6, 6.07) is 7.61. The predicted octanol–water partition coefficient (Wildman–Crippen LogP) is 1.51. The van der Waals surface area contributed by atoms with Crippen molar-refractivity contribution in [2.75, 3.05) is 6.61 Å². The molecule has 0 aliphatic carbocycles. The van der Waals surface area contributed by atoms with Gasteiger partial charge in [-0.05, 0) is 17.7 Å². The molecular formula is C11H12ClN3O. The van der Waals surface area contributed by atoms with E-state index < -0.39 is 0 Å². The van der Waals surface area contributed by atoms with Crippen LogP contribution in [0.2, 0.25) is 5.02 Å². The molecule has 0 aliphatic rings. The lowest BCUT2D eigenvalue weighted by Crippen LogP contribution is -2.00. The number of halogens is 1. The maximum absolute atomic E-state index is 8.76. The molecule has 2 rings (SSSR count). The van der Waals surface area contributed by atoms with Gasteiger partial charge in [-0.3, -0.25) is 0 Å². The second-order valence-corrected chi connectivity index (χ2v) is 3.94. The molecule has 0 aliphatic heterocycles. The van der Waals surface area contributed by atoms with Crippen LogP contribution in [-0.4, -0.2) is 26.7 Å². The average molecular weight is 238 g/mol. The van der Waals surface area contributed by atoms with Crippen LogP contribution in [0.25, 0.3) is 0 Å². The van der Waals surface area contributed by atoms with Gasteiger partial charge in [-0.2, -0.15) is 0 Å². The summed E-state index contributed by atoms with van der Waals surface area (Å²) >= 11 is 5.80. The van der Waals surface area contributed by atoms with E-state index in [9.17, 15) is 0 Å². The lowest BCUT2D eigenvalue weighted by Gasteiger charge is -2.00. The summed E-state index contributed by atoms with van der Waals surface area (Å²) in [5, 5.41) is 17.4. The fourth-order valence-electron chi connectivity index (χ4n) is 1.42. The van der Waals surface area contributed by atoms with Gasteiger partial charge in [-0.25, -0.2) is 4.68 Å². The Morgan fingerprint density at radius 2 is 2.00 bits per heavy atom. The van der Waals surface area contributed by atoms with Crippen LogP contribution in [0.1, 0.15) is 11.3 Å². The maximum Gasteiger partial charge on any atom is 0.0850 e. The van der Waals surface area contributed by atoms with E-state index in [0.29, 0.717) is 13.0 Å². The number of nitrogens with zero attached hydrogens (tertiary/aromatic N) is 3. The van der Waals surface area contributed by atoms with Crippen LogP contribution in [-0.2, 0) is 13.0 Å². The van der Waals surface area contributed by atoms with Gasteiger partial charge in [-0.1, -0.05) is 28.9 Å². The Morgan fingerprint density at radius 3 is 2.69 bits per heavy atom. The number of aromatic nitrogens is 3. The van der Waals surface area contributed by atoms with Crippen LogP contribution in [0.3, 0.4) is 0 Å². The van der Waals surface area contributed by atoms with E-state index in [0.717, 1.165) is 16.3 Å². The average Bonchev–Trinajstić information content (AvgIpc) is 2.70. The smallest absolute Gasteiger partial charge is 0.0850 e. The van der Waals surface area contributed by atoms with Crippen LogP contribution >= 0.6 is 11.6 Å². The minimum absolute atomic E-state index is 0.0969. The van der Waals surface area contributed by atoms with E-state index in [1.54, 1.807) is 4.68 Å². The first kappa shape index (κ1) is 11.1. The van der Waals surface area contributed by atoms with Crippen molar-refractivity contribution in [1.29, 1.82) is 0 Å². The molecule has 0 fully saturated rings. The molecule has 84 valence electrons. The second kappa shape index (κ2) is 5.09. The number of hydrogen-bond donors (Lipinski definition) is 1. The third kappa shape index (κ3) is 2.81. The summed E-state index contributed by atoms with van der Waals surface area (Å²) in [4.78, 5) is 0. The molecule has 1 heterocycles. The molecule has 0 unspecified atom stereocenters. The molecule has 0 atom stereocenters. The first-order valence-corrected chi connectivity index (χ1v) is 5.40. The van der Waals surface area contributed by atoms with Gasteiger partial charge in [0, 0.05) is 24.2 Å². The quantitative estimate of drug-likeness (QED) is 0.877. The van der Waals surface area contributed by atoms with E-state index in [-0.39, 0.29) is 6.61 Å². The van der Waals surface area contributed by atoms with Gasteiger partial charge in [0.25, 0.3) is 0 Å². The second-order valence-electron chi connectivity index (χ2n) is 3.51. The Morgan fingerprint density at radius 1 is 1.25 bits per heavy atom. The van der Waals surface area contributed by atoms with Gasteiger partial charge < -0.3 is 5.11 Å². The standard InChI is InChI=1S/C11H12ClN3O/c12-10-3-1-9(2-4-10)7-15-8-11(5-6-16)13-14-15/h1-4,8,16H,5-7H2. The molecule has 16 heavy (non-hydrogen) atoms. The topological polar surface area (TPSA) is 50.9 Å². The first-order valence-electron chi connectivity index (χ1n) is 5.02.